The lowest BCUT2D eigenvalue weighted by Gasteiger charge is -2.14. The Bertz CT molecular complexity index is 1430. The van der Waals surface area contributed by atoms with E-state index in [0.717, 1.165) is 16.7 Å². The first-order valence-electron chi connectivity index (χ1n) is 11.0. The normalized spacial score (nSPS) is 14.0. The van der Waals surface area contributed by atoms with Gasteiger partial charge in [0.15, 0.2) is 18.1 Å². The number of hydrogen-bond donors (Lipinski definition) is 1. The van der Waals surface area contributed by atoms with Gasteiger partial charge in [-0.25, -0.2) is 4.39 Å². The molecule has 0 saturated carbocycles. The maximum Gasteiger partial charge on any atom is 0.293 e. The fourth-order valence-corrected chi connectivity index (χ4v) is 4.37. The molecule has 0 radical (unpaired) electrons. The summed E-state index contributed by atoms with van der Waals surface area (Å²) in [4.78, 5) is 39.3. The highest BCUT2D eigenvalue weighted by atomic mass is 32.2. The molecular weight excluding hydrogens is 497 g/mol. The van der Waals surface area contributed by atoms with Gasteiger partial charge in [0.05, 0.1) is 30.2 Å². The summed E-state index contributed by atoms with van der Waals surface area (Å²) in [5.74, 6) is -0.886. The Labute approximate surface area is 216 Å². The van der Waals surface area contributed by atoms with E-state index in [9.17, 15) is 24.0 Å². The Balaban J connectivity index is 1.53. The van der Waals surface area contributed by atoms with Crippen LogP contribution in [-0.2, 0) is 16.1 Å². The van der Waals surface area contributed by atoms with E-state index in [1.54, 1.807) is 42.5 Å². The minimum absolute atomic E-state index is 0.0310. The zero-order valence-corrected chi connectivity index (χ0v) is 20.4. The summed E-state index contributed by atoms with van der Waals surface area (Å²) in [5, 5.41) is 11.4. The number of nitriles is 1. The van der Waals surface area contributed by atoms with Crippen LogP contribution in [0.1, 0.15) is 16.7 Å². The minimum atomic E-state index is -0.509. The van der Waals surface area contributed by atoms with E-state index in [1.807, 2.05) is 0 Å². The third-order valence-electron chi connectivity index (χ3n) is 5.33. The standard InChI is InChI=1S/C27H20FN3O5S/c1-35-22-8-4-7-17(25(22)36-16-24(32)30-21-11-9-20(28)10-12-21)13-23-26(33)31(27(34)37-23)15-19-6-3-2-5-18(19)14-29/h2-13H,15-16H2,1H3,(H,30,32)/b23-13+. The lowest BCUT2D eigenvalue weighted by atomic mass is 10.1. The van der Waals surface area contributed by atoms with E-state index in [4.69, 9.17) is 9.47 Å². The van der Waals surface area contributed by atoms with Crippen molar-refractivity contribution >= 4 is 40.6 Å². The number of para-hydroxylation sites is 1. The van der Waals surface area contributed by atoms with Gasteiger partial charge in [0, 0.05) is 11.3 Å². The van der Waals surface area contributed by atoms with Gasteiger partial charge in [-0.05, 0) is 59.8 Å². The van der Waals surface area contributed by atoms with Gasteiger partial charge in [-0.15, -0.1) is 0 Å². The molecule has 8 nitrogen and oxygen atoms in total. The van der Waals surface area contributed by atoms with Crippen LogP contribution in [0.4, 0.5) is 14.9 Å². The summed E-state index contributed by atoms with van der Waals surface area (Å²) in [6.07, 6.45) is 1.50. The largest absolute Gasteiger partial charge is 0.493 e. The summed E-state index contributed by atoms with van der Waals surface area (Å²) in [6.45, 7) is -0.415. The number of amides is 3. The number of ether oxygens (including phenoxy) is 2. The second kappa shape index (κ2) is 11.4. The monoisotopic (exact) mass is 517 g/mol. The van der Waals surface area contributed by atoms with E-state index in [2.05, 4.69) is 11.4 Å². The van der Waals surface area contributed by atoms with Crippen molar-refractivity contribution in [1.82, 2.24) is 4.90 Å². The number of imide groups is 1. The van der Waals surface area contributed by atoms with Gasteiger partial charge in [0.1, 0.15) is 5.82 Å². The van der Waals surface area contributed by atoms with Crippen LogP contribution < -0.4 is 14.8 Å². The van der Waals surface area contributed by atoms with Crippen molar-refractivity contribution in [2.75, 3.05) is 19.0 Å². The molecule has 1 aliphatic rings. The third-order valence-corrected chi connectivity index (χ3v) is 6.24. The number of nitrogens with zero attached hydrogens (tertiary/aromatic N) is 2. The molecule has 3 aromatic rings. The van der Waals surface area contributed by atoms with E-state index in [1.165, 1.54) is 37.5 Å². The predicted octanol–water partition coefficient (Wildman–Crippen LogP) is 4.96. The first-order chi connectivity index (χ1) is 17.9. The second-order valence-electron chi connectivity index (χ2n) is 7.76. The number of halogens is 1. The van der Waals surface area contributed by atoms with Gasteiger partial charge >= 0.3 is 0 Å². The summed E-state index contributed by atoms with van der Waals surface area (Å²) in [6, 6.07) is 19.1. The number of anilines is 1. The topological polar surface area (TPSA) is 109 Å². The summed E-state index contributed by atoms with van der Waals surface area (Å²) in [5.41, 5.74) is 1.78. The van der Waals surface area contributed by atoms with Crippen LogP contribution in [0.25, 0.3) is 6.08 Å². The fourth-order valence-electron chi connectivity index (χ4n) is 3.54. The fraction of sp³-hybridized carbons (Fsp3) is 0.111. The molecule has 1 heterocycles. The molecule has 10 heteroatoms. The molecule has 0 spiro atoms. The Morgan fingerprint density at radius 2 is 1.86 bits per heavy atom. The molecule has 4 rings (SSSR count). The highest BCUT2D eigenvalue weighted by molar-refractivity contribution is 8.18. The van der Waals surface area contributed by atoms with E-state index < -0.39 is 22.9 Å². The molecule has 1 N–H and O–H groups in total. The Morgan fingerprint density at radius 3 is 2.59 bits per heavy atom. The van der Waals surface area contributed by atoms with Gasteiger partial charge in [-0.1, -0.05) is 30.3 Å². The molecule has 0 aliphatic carbocycles. The summed E-state index contributed by atoms with van der Waals surface area (Å²) < 4.78 is 24.2. The number of hydrogen-bond acceptors (Lipinski definition) is 7. The van der Waals surface area contributed by atoms with Crippen molar-refractivity contribution < 1.29 is 28.2 Å². The molecule has 1 fully saturated rings. The number of rotatable bonds is 8. The highest BCUT2D eigenvalue weighted by Gasteiger charge is 2.35. The number of thioether (sulfide) groups is 1. The molecule has 0 unspecified atom stereocenters. The van der Waals surface area contributed by atoms with Crippen LogP contribution in [0.15, 0.2) is 71.6 Å². The summed E-state index contributed by atoms with van der Waals surface area (Å²) in [7, 11) is 1.44. The van der Waals surface area contributed by atoms with Crippen molar-refractivity contribution in [3.05, 3.63) is 94.1 Å². The lowest BCUT2D eigenvalue weighted by Crippen LogP contribution is -2.27. The van der Waals surface area contributed by atoms with E-state index in [0.29, 0.717) is 28.1 Å². The van der Waals surface area contributed by atoms with Gasteiger partial charge in [0.25, 0.3) is 17.1 Å². The number of benzene rings is 3. The molecule has 186 valence electrons. The number of nitrogens with one attached hydrogen (secondary N) is 1. The van der Waals surface area contributed by atoms with Crippen molar-refractivity contribution in [3.8, 4) is 17.6 Å². The molecule has 0 aromatic heterocycles. The quantitative estimate of drug-likeness (QED) is 0.421. The maximum atomic E-state index is 13.1. The number of carbonyl (C=O) groups is 3. The molecule has 3 amide bonds. The molecule has 37 heavy (non-hydrogen) atoms. The lowest BCUT2D eigenvalue weighted by molar-refractivity contribution is -0.123. The van der Waals surface area contributed by atoms with Crippen molar-refractivity contribution in [2.24, 2.45) is 0 Å². The van der Waals surface area contributed by atoms with Crippen LogP contribution in [-0.4, -0.2) is 35.7 Å². The second-order valence-corrected chi connectivity index (χ2v) is 8.75. The Kier molecular flexibility index (Phi) is 7.86. The first-order valence-corrected chi connectivity index (χ1v) is 11.8. The average molecular weight is 518 g/mol. The zero-order chi connectivity index (χ0) is 26.4. The summed E-state index contributed by atoms with van der Waals surface area (Å²) >= 11 is 0.768. The number of carbonyl (C=O) groups excluding carboxylic acids is 3. The van der Waals surface area contributed by atoms with E-state index in [-0.39, 0.29) is 23.8 Å². The van der Waals surface area contributed by atoms with Crippen molar-refractivity contribution in [2.45, 2.75) is 6.54 Å². The molecule has 0 atom stereocenters. The van der Waals surface area contributed by atoms with Crippen LogP contribution in [0.3, 0.4) is 0 Å². The molecule has 3 aromatic carbocycles. The highest BCUT2D eigenvalue weighted by Crippen LogP contribution is 2.38. The number of methoxy groups -OCH3 is 1. The predicted molar refractivity (Wildman–Crippen MR) is 136 cm³/mol. The van der Waals surface area contributed by atoms with Crippen LogP contribution >= 0.6 is 11.8 Å². The van der Waals surface area contributed by atoms with Crippen LogP contribution in [0.2, 0.25) is 0 Å². The maximum absolute atomic E-state index is 13.1. The molecule has 1 aliphatic heterocycles. The first kappa shape index (κ1) is 25.5. The zero-order valence-electron chi connectivity index (χ0n) is 19.6. The van der Waals surface area contributed by atoms with Crippen molar-refractivity contribution in [3.63, 3.8) is 0 Å². The van der Waals surface area contributed by atoms with E-state index >= 15 is 0 Å². The SMILES string of the molecule is COc1cccc(/C=C2/SC(=O)N(Cc3ccccc3C#N)C2=O)c1OCC(=O)Nc1ccc(F)cc1. The Hall–Kier alpha value is -4.62. The van der Waals surface area contributed by atoms with Crippen LogP contribution in [0, 0.1) is 17.1 Å². The molecular formula is C27H20FN3O5S. The minimum Gasteiger partial charge on any atom is -0.493 e. The average Bonchev–Trinajstić information content (AvgIpc) is 3.16. The third kappa shape index (κ3) is 5.97. The van der Waals surface area contributed by atoms with Gasteiger partial charge in [-0.2, -0.15) is 5.26 Å². The van der Waals surface area contributed by atoms with Gasteiger partial charge < -0.3 is 14.8 Å². The van der Waals surface area contributed by atoms with Crippen molar-refractivity contribution in [1.29, 1.82) is 5.26 Å². The smallest absolute Gasteiger partial charge is 0.293 e. The van der Waals surface area contributed by atoms with Crippen LogP contribution in [0.5, 0.6) is 11.5 Å². The Morgan fingerprint density at radius 1 is 1.11 bits per heavy atom. The molecule has 1 saturated heterocycles. The van der Waals surface area contributed by atoms with Gasteiger partial charge in [-0.3, -0.25) is 19.3 Å². The van der Waals surface area contributed by atoms with Gasteiger partial charge in [0.2, 0.25) is 0 Å². The molecule has 0 bridgehead atoms.